The zero-order chi connectivity index (χ0) is 12.2. The van der Waals surface area contributed by atoms with E-state index in [0.29, 0.717) is 6.54 Å². The maximum Gasteiger partial charge on any atom is 0.401 e. The van der Waals surface area contributed by atoms with E-state index in [1.54, 1.807) is 7.05 Å². The van der Waals surface area contributed by atoms with Gasteiger partial charge in [0.1, 0.15) is 0 Å². The van der Waals surface area contributed by atoms with Gasteiger partial charge >= 0.3 is 6.18 Å². The highest BCUT2D eigenvalue weighted by molar-refractivity contribution is 4.87. The molecule has 0 spiro atoms. The van der Waals surface area contributed by atoms with Gasteiger partial charge in [-0.15, -0.1) is 0 Å². The molecule has 1 rings (SSSR count). The number of alkyl halides is 3. The number of rotatable bonds is 4. The van der Waals surface area contributed by atoms with Gasteiger partial charge in [0.25, 0.3) is 0 Å². The van der Waals surface area contributed by atoms with Gasteiger partial charge < -0.3 is 5.32 Å². The van der Waals surface area contributed by atoms with Crippen molar-refractivity contribution in [3.8, 4) is 0 Å². The maximum absolute atomic E-state index is 12.2. The second-order valence-corrected chi connectivity index (χ2v) is 4.92. The van der Waals surface area contributed by atoms with E-state index in [1.165, 1.54) is 4.90 Å². The third-order valence-electron chi connectivity index (χ3n) is 3.37. The molecule has 0 aromatic heterocycles. The first-order valence-electron chi connectivity index (χ1n) is 5.83. The molecule has 0 aromatic carbocycles. The van der Waals surface area contributed by atoms with Crippen LogP contribution in [0, 0.1) is 5.41 Å². The van der Waals surface area contributed by atoms with Crippen LogP contribution >= 0.6 is 0 Å². The molecule has 1 aliphatic heterocycles. The minimum absolute atomic E-state index is 0.0260. The standard InChI is InChI=1S/C11H21F3N2/c1-3-10(5-4-6-15-7-10)8-16(2)9-11(12,13)14/h15H,3-9H2,1-2H3. The Labute approximate surface area is 95.2 Å². The quantitative estimate of drug-likeness (QED) is 0.808. The van der Waals surface area contributed by atoms with Crippen LogP contribution < -0.4 is 5.32 Å². The molecule has 2 nitrogen and oxygen atoms in total. The minimum Gasteiger partial charge on any atom is -0.316 e. The Morgan fingerprint density at radius 3 is 2.50 bits per heavy atom. The summed E-state index contributed by atoms with van der Waals surface area (Å²) >= 11 is 0. The Hall–Kier alpha value is -0.290. The van der Waals surface area contributed by atoms with Crippen molar-refractivity contribution in [2.45, 2.75) is 32.4 Å². The Morgan fingerprint density at radius 2 is 2.06 bits per heavy atom. The topological polar surface area (TPSA) is 15.3 Å². The lowest BCUT2D eigenvalue weighted by atomic mass is 9.78. The van der Waals surface area contributed by atoms with Crippen LogP contribution in [-0.2, 0) is 0 Å². The van der Waals surface area contributed by atoms with Crippen molar-refractivity contribution < 1.29 is 13.2 Å². The van der Waals surface area contributed by atoms with Crippen LogP contribution in [0.15, 0.2) is 0 Å². The highest BCUT2D eigenvalue weighted by atomic mass is 19.4. The van der Waals surface area contributed by atoms with Gasteiger partial charge in [-0.25, -0.2) is 0 Å². The lowest BCUT2D eigenvalue weighted by Gasteiger charge is -2.40. The van der Waals surface area contributed by atoms with Crippen LogP contribution in [0.25, 0.3) is 0 Å². The minimum atomic E-state index is -4.09. The molecule has 1 N–H and O–H groups in total. The SMILES string of the molecule is CCC1(CN(C)CC(F)(F)F)CCCNC1. The van der Waals surface area contributed by atoms with Crippen LogP contribution in [-0.4, -0.2) is 44.3 Å². The van der Waals surface area contributed by atoms with Gasteiger partial charge in [-0.3, -0.25) is 4.90 Å². The lowest BCUT2D eigenvalue weighted by Crippen LogP contribution is -2.48. The van der Waals surface area contributed by atoms with E-state index in [1.807, 2.05) is 0 Å². The van der Waals surface area contributed by atoms with Crippen molar-refractivity contribution in [2.24, 2.45) is 5.41 Å². The Bertz CT molecular complexity index is 210. The summed E-state index contributed by atoms with van der Waals surface area (Å²) < 4.78 is 36.7. The zero-order valence-corrected chi connectivity index (χ0v) is 10.0. The molecule has 16 heavy (non-hydrogen) atoms. The summed E-state index contributed by atoms with van der Waals surface area (Å²) in [5.74, 6) is 0. The summed E-state index contributed by atoms with van der Waals surface area (Å²) in [6, 6.07) is 0. The third kappa shape index (κ3) is 4.29. The lowest BCUT2D eigenvalue weighted by molar-refractivity contribution is -0.146. The molecule has 1 saturated heterocycles. The number of hydrogen-bond acceptors (Lipinski definition) is 2. The fourth-order valence-electron chi connectivity index (χ4n) is 2.51. The molecule has 0 aromatic rings. The highest BCUT2D eigenvalue weighted by Gasteiger charge is 2.35. The fraction of sp³-hybridized carbons (Fsp3) is 1.00. The first-order chi connectivity index (χ1) is 7.37. The number of nitrogens with zero attached hydrogens (tertiary/aromatic N) is 1. The van der Waals surface area contributed by atoms with Crippen molar-refractivity contribution in [1.82, 2.24) is 10.2 Å². The van der Waals surface area contributed by atoms with E-state index >= 15 is 0 Å². The molecule has 5 heteroatoms. The zero-order valence-electron chi connectivity index (χ0n) is 10.0. The molecular weight excluding hydrogens is 217 g/mol. The maximum atomic E-state index is 12.2. The summed E-state index contributed by atoms with van der Waals surface area (Å²) in [4.78, 5) is 1.40. The largest absolute Gasteiger partial charge is 0.401 e. The van der Waals surface area contributed by atoms with Gasteiger partial charge in [-0.2, -0.15) is 13.2 Å². The van der Waals surface area contributed by atoms with Gasteiger partial charge in [0.2, 0.25) is 0 Å². The van der Waals surface area contributed by atoms with E-state index in [9.17, 15) is 13.2 Å². The molecule has 1 atom stereocenters. The van der Waals surface area contributed by atoms with Crippen LogP contribution in [0.5, 0.6) is 0 Å². The average Bonchev–Trinajstić information content (AvgIpc) is 2.16. The number of hydrogen-bond donors (Lipinski definition) is 1. The number of halogens is 3. The number of piperidine rings is 1. The monoisotopic (exact) mass is 238 g/mol. The summed E-state index contributed by atoms with van der Waals surface area (Å²) in [5, 5.41) is 3.29. The van der Waals surface area contributed by atoms with Crippen molar-refractivity contribution >= 4 is 0 Å². The number of nitrogens with one attached hydrogen (secondary N) is 1. The second-order valence-electron chi connectivity index (χ2n) is 4.92. The normalized spacial score (nSPS) is 27.4. The Morgan fingerprint density at radius 1 is 1.38 bits per heavy atom. The van der Waals surface area contributed by atoms with Crippen molar-refractivity contribution in [3.05, 3.63) is 0 Å². The molecular formula is C11H21F3N2. The van der Waals surface area contributed by atoms with Gasteiger partial charge in [0.05, 0.1) is 6.54 Å². The first kappa shape index (κ1) is 13.8. The molecule has 0 bridgehead atoms. The predicted molar refractivity (Wildman–Crippen MR) is 58.4 cm³/mol. The molecule has 1 unspecified atom stereocenters. The van der Waals surface area contributed by atoms with Gasteiger partial charge in [0, 0.05) is 13.1 Å². The third-order valence-corrected chi connectivity index (χ3v) is 3.37. The average molecular weight is 238 g/mol. The summed E-state index contributed by atoms with van der Waals surface area (Å²) in [6.07, 6.45) is -1.07. The van der Waals surface area contributed by atoms with Crippen LogP contribution in [0.3, 0.4) is 0 Å². The van der Waals surface area contributed by atoms with Crippen LogP contribution in [0.1, 0.15) is 26.2 Å². The molecule has 1 aliphatic rings. The Kier molecular flexibility index (Phi) is 4.62. The molecule has 0 radical (unpaired) electrons. The first-order valence-corrected chi connectivity index (χ1v) is 5.83. The van der Waals surface area contributed by atoms with E-state index in [2.05, 4.69) is 12.2 Å². The smallest absolute Gasteiger partial charge is 0.316 e. The van der Waals surface area contributed by atoms with Crippen LogP contribution in [0.2, 0.25) is 0 Å². The van der Waals surface area contributed by atoms with E-state index in [4.69, 9.17) is 0 Å². The van der Waals surface area contributed by atoms with Crippen molar-refractivity contribution in [1.29, 1.82) is 0 Å². The molecule has 1 heterocycles. The summed E-state index contributed by atoms with van der Waals surface area (Å²) in [7, 11) is 1.56. The molecule has 1 fully saturated rings. The Balaban J connectivity index is 2.48. The van der Waals surface area contributed by atoms with Crippen molar-refractivity contribution in [3.63, 3.8) is 0 Å². The molecule has 0 amide bonds. The molecule has 0 saturated carbocycles. The van der Waals surface area contributed by atoms with Gasteiger partial charge in [0.15, 0.2) is 0 Å². The second kappa shape index (κ2) is 5.36. The van der Waals surface area contributed by atoms with Crippen LogP contribution in [0.4, 0.5) is 13.2 Å². The van der Waals surface area contributed by atoms with E-state index in [0.717, 1.165) is 32.4 Å². The van der Waals surface area contributed by atoms with E-state index < -0.39 is 12.7 Å². The van der Waals surface area contributed by atoms with Gasteiger partial charge in [-0.1, -0.05) is 6.92 Å². The van der Waals surface area contributed by atoms with E-state index in [-0.39, 0.29) is 5.41 Å². The van der Waals surface area contributed by atoms with Crippen molar-refractivity contribution in [2.75, 3.05) is 33.2 Å². The molecule has 0 aliphatic carbocycles. The van der Waals surface area contributed by atoms with Gasteiger partial charge in [-0.05, 0) is 38.3 Å². The highest BCUT2D eigenvalue weighted by Crippen LogP contribution is 2.31. The summed E-state index contributed by atoms with van der Waals surface area (Å²) in [6.45, 7) is 3.61. The fourth-order valence-corrected chi connectivity index (χ4v) is 2.51. The predicted octanol–water partition coefficient (Wildman–Crippen LogP) is 2.26. The summed E-state index contributed by atoms with van der Waals surface area (Å²) in [5.41, 5.74) is 0.0260. The molecule has 96 valence electrons.